The molecule has 1 atom stereocenters. The molecule has 1 N–H and O–H groups in total. The van der Waals surface area contributed by atoms with Crippen molar-refractivity contribution in [1.29, 1.82) is 0 Å². The molecule has 0 bridgehead atoms. The van der Waals surface area contributed by atoms with Crippen molar-refractivity contribution in [2.24, 2.45) is 0 Å². The average Bonchev–Trinajstić information content (AvgIpc) is 2.45. The van der Waals surface area contributed by atoms with Crippen LogP contribution < -0.4 is 5.32 Å². The zero-order valence-corrected chi connectivity index (χ0v) is 14.0. The van der Waals surface area contributed by atoms with E-state index < -0.39 is 21.6 Å². The van der Waals surface area contributed by atoms with Crippen LogP contribution in [0.3, 0.4) is 0 Å². The van der Waals surface area contributed by atoms with Crippen molar-refractivity contribution in [1.82, 2.24) is 5.32 Å². The number of amides is 1. The normalized spacial score (nSPS) is 12.8. The van der Waals surface area contributed by atoms with Gasteiger partial charge >= 0.3 is 0 Å². The predicted molar refractivity (Wildman–Crippen MR) is 88.3 cm³/mol. The van der Waals surface area contributed by atoms with E-state index in [2.05, 4.69) is 5.32 Å². The lowest BCUT2D eigenvalue weighted by Crippen LogP contribution is -2.36. The van der Waals surface area contributed by atoms with Crippen LogP contribution in [0, 0.1) is 5.82 Å². The fraction of sp³-hybridized carbons (Fsp3) is 0.133. The van der Waals surface area contributed by atoms with Gasteiger partial charge in [-0.05, 0) is 29.8 Å². The third-order valence-corrected chi connectivity index (χ3v) is 3.91. The zero-order valence-electron chi connectivity index (χ0n) is 11.0. The lowest BCUT2D eigenvalue weighted by atomic mass is 10.1. The predicted octanol–water partition coefficient (Wildman–Crippen LogP) is 5.32. The minimum Gasteiger partial charge on any atom is -0.341 e. The van der Waals surface area contributed by atoms with Gasteiger partial charge in [0.25, 0.3) is 5.91 Å². The lowest BCUT2D eigenvalue weighted by Gasteiger charge is -2.26. The summed E-state index contributed by atoms with van der Waals surface area (Å²) in [5, 5.41) is 2.89. The fourth-order valence-corrected chi connectivity index (χ4v) is 2.63. The van der Waals surface area contributed by atoms with E-state index in [4.69, 9.17) is 46.4 Å². The minimum absolute atomic E-state index is 0.255. The van der Waals surface area contributed by atoms with Gasteiger partial charge in [0.15, 0.2) is 0 Å². The van der Waals surface area contributed by atoms with Crippen LogP contribution in [0.5, 0.6) is 0 Å². The first-order chi connectivity index (χ1) is 10.3. The number of carbonyl (C=O) groups is 1. The Labute approximate surface area is 147 Å². The van der Waals surface area contributed by atoms with Gasteiger partial charge in [0.2, 0.25) is 3.79 Å². The molecular weight excluding hydrogens is 371 g/mol. The van der Waals surface area contributed by atoms with Gasteiger partial charge in [0, 0.05) is 0 Å². The number of nitrogens with one attached hydrogen (secondary N) is 1. The third-order valence-electron chi connectivity index (χ3n) is 2.92. The van der Waals surface area contributed by atoms with Gasteiger partial charge in [0.1, 0.15) is 11.9 Å². The maximum absolute atomic E-state index is 13.0. The molecule has 0 radical (unpaired) electrons. The molecule has 116 valence electrons. The molecule has 0 spiro atoms. The van der Waals surface area contributed by atoms with Gasteiger partial charge in [0.05, 0.1) is 10.6 Å². The molecule has 0 heterocycles. The molecule has 1 amide bonds. The monoisotopic (exact) mass is 379 g/mol. The second-order valence-electron chi connectivity index (χ2n) is 4.48. The SMILES string of the molecule is O=C(NC(c1ccc(F)cc1)C(Cl)(Cl)Cl)c1ccccc1Cl. The highest BCUT2D eigenvalue weighted by Gasteiger charge is 2.35. The van der Waals surface area contributed by atoms with E-state index >= 15 is 0 Å². The molecule has 0 aromatic heterocycles. The molecule has 0 fully saturated rings. The Morgan fingerprint density at radius 2 is 1.64 bits per heavy atom. The molecule has 0 saturated heterocycles. The van der Waals surface area contributed by atoms with Crippen LogP contribution in [0.2, 0.25) is 5.02 Å². The summed E-state index contributed by atoms with van der Waals surface area (Å²) in [5.74, 6) is -0.921. The maximum atomic E-state index is 13.0. The standard InChI is InChI=1S/C15H10Cl4FNO/c16-12-4-2-1-3-11(12)14(22)21-13(15(17,18)19)9-5-7-10(20)8-6-9/h1-8,13H,(H,21,22). The number of alkyl halides is 3. The fourth-order valence-electron chi connectivity index (χ4n) is 1.86. The Bertz CT molecular complexity index is 670. The summed E-state index contributed by atoms with van der Waals surface area (Å²) in [5.41, 5.74) is 0.715. The van der Waals surface area contributed by atoms with Crippen LogP contribution in [0.25, 0.3) is 0 Å². The largest absolute Gasteiger partial charge is 0.341 e. The smallest absolute Gasteiger partial charge is 0.253 e. The van der Waals surface area contributed by atoms with E-state index in [-0.39, 0.29) is 10.6 Å². The molecular formula is C15H10Cl4FNO. The summed E-state index contributed by atoms with van der Waals surface area (Å²) < 4.78 is 11.2. The molecule has 2 aromatic carbocycles. The highest BCUT2D eigenvalue weighted by atomic mass is 35.6. The Kier molecular flexibility index (Phi) is 5.56. The van der Waals surface area contributed by atoms with Gasteiger partial charge in [-0.2, -0.15) is 0 Å². The Balaban J connectivity index is 2.30. The first kappa shape index (κ1) is 17.4. The van der Waals surface area contributed by atoms with Gasteiger partial charge in [-0.3, -0.25) is 4.79 Å². The van der Waals surface area contributed by atoms with Gasteiger partial charge in [-0.1, -0.05) is 70.7 Å². The van der Waals surface area contributed by atoms with Gasteiger partial charge in [-0.25, -0.2) is 4.39 Å². The van der Waals surface area contributed by atoms with Crippen molar-refractivity contribution < 1.29 is 9.18 Å². The number of rotatable bonds is 3. The molecule has 2 nitrogen and oxygen atoms in total. The number of halogens is 5. The number of hydrogen-bond acceptors (Lipinski definition) is 1. The van der Waals surface area contributed by atoms with Gasteiger partial charge < -0.3 is 5.32 Å². The Hall–Kier alpha value is -1.000. The van der Waals surface area contributed by atoms with E-state index in [9.17, 15) is 9.18 Å². The van der Waals surface area contributed by atoms with Crippen LogP contribution in [0.4, 0.5) is 4.39 Å². The summed E-state index contributed by atoms with van der Waals surface area (Å²) in [6.45, 7) is 0. The zero-order chi connectivity index (χ0) is 16.3. The summed E-state index contributed by atoms with van der Waals surface area (Å²) in [6, 6.07) is 10.9. The summed E-state index contributed by atoms with van der Waals surface area (Å²) in [7, 11) is 0. The topological polar surface area (TPSA) is 29.1 Å². The van der Waals surface area contributed by atoms with Crippen LogP contribution in [0.1, 0.15) is 22.0 Å². The van der Waals surface area contributed by atoms with Crippen LogP contribution in [-0.4, -0.2) is 9.70 Å². The molecule has 7 heteroatoms. The second-order valence-corrected chi connectivity index (χ2v) is 7.26. The minimum atomic E-state index is -1.81. The molecule has 0 aliphatic heterocycles. The first-order valence-corrected chi connectivity index (χ1v) is 7.68. The van der Waals surface area contributed by atoms with E-state index in [1.165, 1.54) is 24.3 Å². The average molecular weight is 381 g/mol. The van der Waals surface area contributed by atoms with E-state index in [0.29, 0.717) is 5.56 Å². The van der Waals surface area contributed by atoms with E-state index in [0.717, 1.165) is 0 Å². The van der Waals surface area contributed by atoms with Crippen LogP contribution >= 0.6 is 46.4 Å². The summed E-state index contributed by atoms with van der Waals surface area (Å²) in [6.07, 6.45) is 0. The molecule has 2 aromatic rings. The number of benzene rings is 2. The van der Waals surface area contributed by atoms with Crippen molar-refractivity contribution in [3.8, 4) is 0 Å². The van der Waals surface area contributed by atoms with Crippen molar-refractivity contribution >= 4 is 52.3 Å². The van der Waals surface area contributed by atoms with Gasteiger partial charge in [-0.15, -0.1) is 0 Å². The maximum Gasteiger partial charge on any atom is 0.253 e. The molecule has 1 unspecified atom stereocenters. The molecule has 0 aliphatic carbocycles. The highest BCUT2D eigenvalue weighted by molar-refractivity contribution is 6.68. The third kappa shape index (κ3) is 4.26. The molecule has 22 heavy (non-hydrogen) atoms. The van der Waals surface area contributed by atoms with Crippen LogP contribution in [-0.2, 0) is 0 Å². The number of carbonyl (C=O) groups excluding carboxylic acids is 1. The Morgan fingerprint density at radius 1 is 1.05 bits per heavy atom. The van der Waals surface area contributed by atoms with Crippen LogP contribution in [0.15, 0.2) is 48.5 Å². The number of hydrogen-bond donors (Lipinski definition) is 1. The summed E-state index contributed by atoms with van der Waals surface area (Å²) >= 11 is 23.8. The molecule has 0 saturated carbocycles. The first-order valence-electron chi connectivity index (χ1n) is 6.16. The van der Waals surface area contributed by atoms with E-state index in [1.807, 2.05) is 0 Å². The Morgan fingerprint density at radius 3 is 2.18 bits per heavy atom. The lowest BCUT2D eigenvalue weighted by molar-refractivity contribution is 0.0937. The van der Waals surface area contributed by atoms with Crippen molar-refractivity contribution in [3.63, 3.8) is 0 Å². The molecule has 2 rings (SSSR count). The van der Waals surface area contributed by atoms with Crippen molar-refractivity contribution in [3.05, 3.63) is 70.5 Å². The molecule has 0 aliphatic rings. The van der Waals surface area contributed by atoms with Crippen molar-refractivity contribution in [2.45, 2.75) is 9.83 Å². The summed E-state index contributed by atoms with van der Waals surface area (Å²) in [4.78, 5) is 12.3. The quantitative estimate of drug-likeness (QED) is 0.717. The second kappa shape index (κ2) is 7.05. The van der Waals surface area contributed by atoms with Crippen molar-refractivity contribution in [2.75, 3.05) is 0 Å². The van der Waals surface area contributed by atoms with E-state index in [1.54, 1.807) is 24.3 Å². The highest BCUT2D eigenvalue weighted by Crippen LogP contribution is 2.40.